The number of aromatic nitrogens is 2. The molecule has 0 bridgehead atoms. The molecule has 12 heteroatoms. The van der Waals surface area contributed by atoms with Crippen molar-refractivity contribution in [3.05, 3.63) is 45.4 Å². The molecule has 2 N–H and O–H groups in total. The number of terminal acetylenes is 1. The Hall–Kier alpha value is -3.24. The van der Waals surface area contributed by atoms with Gasteiger partial charge in [0, 0.05) is 60.0 Å². The number of nitrogens with one attached hydrogen (secondary N) is 2. The van der Waals surface area contributed by atoms with Gasteiger partial charge in [-0.25, -0.2) is 13.4 Å². The van der Waals surface area contributed by atoms with Crippen LogP contribution in [0.4, 0.5) is 0 Å². The standard InChI is InChI=1S/C26H29N5O5S2/c1-4-17-6-7-20-18(11-17)12-23(28-20)38(34,35)30-8-9-31(19(15-30)13-24(32)36-5-2)26(33)25-29-21-10-16(3)27-14-22(21)37-25/h1,6-7,11-12,16,19,27-28H,5,8-10,13-15H2,2-3H3. The molecule has 1 amide bonds. The summed E-state index contributed by atoms with van der Waals surface area (Å²) in [5.41, 5.74) is 2.21. The fourth-order valence-electron chi connectivity index (χ4n) is 4.90. The Morgan fingerprint density at radius 2 is 2.11 bits per heavy atom. The van der Waals surface area contributed by atoms with Crippen LogP contribution in [0, 0.1) is 12.3 Å². The largest absolute Gasteiger partial charge is 0.466 e. The van der Waals surface area contributed by atoms with Crippen molar-refractivity contribution in [3.8, 4) is 12.3 Å². The van der Waals surface area contributed by atoms with Gasteiger partial charge in [-0.2, -0.15) is 4.31 Å². The predicted molar refractivity (Wildman–Crippen MR) is 143 cm³/mol. The average Bonchev–Trinajstić information content (AvgIpc) is 3.52. The second-order valence-electron chi connectivity index (χ2n) is 9.48. The minimum atomic E-state index is -3.93. The lowest BCUT2D eigenvalue weighted by molar-refractivity contribution is -0.144. The number of rotatable bonds is 6. The van der Waals surface area contributed by atoms with Gasteiger partial charge in [-0.3, -0.25) is 9.59 Å². The van der Waals surface area contributed by atoms with E-state index in [0.717, 1.165) is 17.0 Å². The number of esters is 1. The van der Waals surface area contributed by atoms with Crippen molar-refractivity contribution in [1.82, 2.24) is 24.5 Å². The van der Waals surface area contributed by atoms with Crippen molar-refractivity contribution in [2.45, 2.75) is 50.3 Å². The minimum Gasteiger partial charge on any atom is -0.466 e. The van der Waals surface area contributed by atoms with Gasteiger partial charge in [0.25, 0.3) is 15.9 Å². The summed E-state index contributed by atoms with van der Waals surface area (Å²) < 4.78 is 33.6. The number of carbonyl (C=O) groups is 2. The van der Waals surface area contributed by atoms with E-state index in [1.165, 1.54) is 15.6 Å². The number of carbonyl (C=O) groups excluding carboxylic acids is 2. The summed E-state index contributed by atoms with van der Waals surface area (Å²) in [6.07, 6.45) is 6.10. The number of sulfonamides is 1. The molecule has 3 aromatic rings. The zero-order valence-corrected chi connectivity index (χ0v) is 22.8. The quantitative estimate of drug-likeness (QED) is 0.353. The second kappa shape index (κ2) is 10.5. The molecular formula is C26H29N5O5S2. The van der Waals surface area contributed by atoms with Gasteiger partial charge in [0.15, 0.2) is 5.01 Å². The fourth-order valence-corrected chi connectivity index (χ4v) is 7.38. The maximum atomic E-state index is 13.6. The zero-order chi connectivity index (χ0) is 27.0. The summed E-state index contributed by atoms with van der Waals surface area (Å²) in [6, 6.07) is 6.37. The van der Waals surface area contributed by atoms with Gasteiger partial charge in [-0.1, -0.05) is 5.92 Å². The smallest absolute Gasteiger partial charge is 0.307 e. The van der Waals surface area contributed by atoms with E-state index in [4.69, 9.17) is 11.2 Å². The monoisotopic (exact) mass is 555 g/mol. The number of ether oxygens (including phenoxy) is 1. The van der Waals surface area contributed by atoms with E-state index in [2.05, 4.69) is 28.1 Å². The van der Waals surface area contributed by atoms with Crippen molar-refractivity contribution in [3.63, 3.8) is 0 Å². The maximum Gasteiger partial charge on any atom is 0.307 e. The Labute approximate surface area is 225 Å². The molecule has 4 heterocycles. The SMILES string of the molecule is C#Cc1ccc2[nH]c(S(=O)(=O)N3CCN(C(=O)c4nc5c(s4)CNC(C)C5)C(CC(=O)OCC)C3)cc2c1. The summed E-state index contributed by atoms with van der Waals surface area (Å²) >= 11 is 1.35. The number of amides is 1. The van der Waals surface area contributed by atoms with Crippen LogP contribution in [0.5, 0.6) is 0 Å². The van der Waals surface area contributed by atoms with E-state index in [9.17, 15) is 18.0 Å². The molecule has 2 unspecified atom stereocenters. The number of thiazole rings is 1. The second-order valence-corrected chi connectivity index (χ2v) is 12.5. The van der Waals surface area contributed by atoms with E-state index in [1.54, 1.807) is 36.1 Å². The average molecular weight is 556 g/mol. The first-order chi connectivity index (χ1) is 18.2. The third kappa shape index (κ3) is 5.07. The van der Waals surface area contributed by atoms with Crippen molar-refractivity contribution in [2.24, 2.45) is 0 Å². The summed E-state index contributed by atoms with van der Waals surface area (Å²) in [7, 11) is -3.93. The third-order valence-corrected chi connectivity index (χ3v) is 9.74. The first-order valence-electron chi connectivity index (χ1n) is 12.5. The van der Waals surface area contributed by atoms with Crippen LogP contribution < -0.4 is 5.32 Å². The molecule has 0 aliphatic carbocycles. The van der Waals surface area contributed by atoms with Crippen LogP contribution in [0.25, 0.3) is 10.9 Å². The molecule has 1 fully saturated rings. The van der Waals surface area contributed by atoms with Gasteiger partial charge in [0.05, 0.1) is 24.8 Å². The van der Waals surface area contributed by atoms with Gasteiger partial charge < -0.3 is 19.9 Å². The molecule has 2 aromatic heterocycles. The first kappa shape index (κ1) is 26.4. The Balaban J connectivity index is 1.40. The highest BCUT2D eigenvalue weighted by atomic mass is 32.2. The molecule has 0 radical (unpaired) electrons. The molecule has 2 aliphatic rings. The van der Waals surface area contributed by atoms with Gasteiger partial charge in [-0.15, -0.1) is 17.8 Å². The molecule has 2 atom stereocenters. The molecule has 0 saturated carbocycles. The Morgan fingerprint density at radius 3 is 2.87 bits per heavy atom. The van der Waals surface area contributed by atoms with E-state index in [-0.39, 0.29) is 49.6 Å². The minimum absolute atomic E-state index is 0.0329. The highest BCUT2D eigenvalue weighted by molar-refractivity contribution is 7.89. The van der Waals surface area contributed by atoms with Crippen molar-refractivity contribution in [1.29, 1.82) is 0 Å². The molecule has 200 valence electrons. The summed E-state index contributed by atoms with van der Waals surface area (Å²) in [5.74, 6) is 1.77. The van der Waals surface area contributed by atoms with Crippen molar-refractivity contribution in [2.75, 3.05) is 26.2 Å². The van der Waals surface area contributed by atoms with Crippen LogP contribution >= 0.6 is 11.3 Å². The number of hydrogen-bond acceptors (Lipinski definition) is 8. The Morgan fingerprint density at radius 1 is 1.29 bits per heavy atom. The lowest BCUT2D eigenvalue weighted by atomic mass is 10.1. The maximum absolute atomic E-state index is 13.6. The molecule has 5 rings (SSSR count). The zero-order valence-electron chi connectivity index (χ0n) is 21.2. The normalized spacial score (nSPS) is 20.2. The molecule has 38 heavy (non-hydrogen) atoms. The van der Waals surface area contributed by atoms with Gasteiger partial charge in [0.2, 0.25) is 0 Å². The molecular weight excluding hydrogens is 526 g/mol. The Kier molecular flexibility index (Phi) is 7.28. The van der Waals surface area contributed by atoms with Crippen LogP contribution in [-0.4, -0.2) is 77.8 Å². The summed E-state index contributed by atoms with van der Waals surface area (Å²) in [6.45, 7) is 4.80. The number of nitrogens with zero attached hydrogens (tertiary/aromatic N) is 3. The highest BCUT2D eigenvalue weighted by Gasteiger charge is 2.39. The number of hydrogen-bond donors (Lipinski definition) is 2. The lowest BCUT2D eigenvalue weighted by Gasteiger charge is -2.39. The first-order valence-corrected chi connectivity index (χ1v) is 14.7. The van der Waals surface area contributed by atoms with Gasteiger partial charge >= 0.3 is 5.97 Å². The molecule has 1 aromatic carbocycles. The number of H-pyrrole nitrogens is 1. The van der Waals surface area contributed by atoms with Crippen LogP contribution in [0.2, 0.25) is 0 Å². The van der Waals surface area contributed by atoms with Crippen LogP contribution in [-0.2, 0) is 32.5 Å². The van der Waals surface area contributed by atoms with E-state index < -0.39 is 22.0 Å². The lowest BCUT2D eigenvalue weighted by Crippen LogP contribution is -2.57. The fraction of sp³-hybridized carbons (Fsp3) is 0.423. The predicted octanol–water partition coefficient (Wildman–Crippen LogP) is 2.11. The van der Waals surface area contributed by atoms with Crippen LogP contribution in [0.1, 0.15) is 46.2 Å². The molecule has 2 aliphatic heterocycles. The van der Waals surface area contributed by atoms with Crippen molar-refractivity contribution < 1.29 is 22.7 Å². The van der Waals surface area contributed by atoms with E-state index in [0.29, 0.717) is 28.0 Å². The van der Waals surface area contributed by atoms with Crippen LogP contribution in [0.3, 0.4) is 0 Å². The number of piperazine rings is 1. The van der Waals surface area contributed by atoms with Crippen molar-refractivity contribution >= 4 is 44.1 Å². The number of fused-ring (bicyclic) bond motifs is 2. The topological polar surface area (TPSA) is 125 Å². The highest BCUT2D eigenvalue weighted by Crippen LogP contribution is 2.29. The number of aromatic amines is 1. The summed E-state index contributed by atoms with van der Waals surface area (Å²) in [5, 5.41) is 4.45. The van der Waals surface area contributed by atoms with E-state index >= 15 is 0 Å². The molecule has 0 spiro atoms. The third-order valence-electron chi connectivity index (χ3n) is 6.87. The van der Waals surface area contributed by atoms with Gasteiger partial charge in [0.1, 0.15) is 5.03 Å². The number of benzene rings is 1. The Bertz CT molecular complexity index is 1540. The molecule has 10 nitrogen and oxygen atoms in total. The molecule has 1 saturated heterocycles. The van der Waals surface area contributed by atoms with E-state index in [1.807, 2.05) is 0 Å². The van der Waals surface area contributed by atoms with Crippen LogP contribution in [0.15, 0.2) is 29.3 Å². The summed E-state index contributed by atoms with van der Waals surface area (Å²) in [4.78, 5) is 36.2. The van der Waals surface area contributed by atoms with Gasteiger partial charge in [-0.05, 0) is 38.1 Å².